The van der Waals surface area contributed by atoms with Gasteiger partial charge in [0.05, 0.1) is 12.1 Å². The molecule has 9 heteroatoms. The van der Waals surface area contributed by atoms with Crippen LogP contribution in [-0.4, -0.2) is 32.4 Å². The minimum Gasteiger partial charge on any atom is -0.512 e. The number of carbonyl (C=O) groups excluding carboxylic acids is 3. The summed E-state index contributed by atoms with van der Waals surface area (Å²) in [6, 6.07) is 28.1. The van der Waals surface area contributed by atoms with Gasteiger partial charge in [0.2, 0.25) is 0 Å². The molecule has 0 spiro atoms. The van der Waals surface area contributed by atoms with Crippen molar-refractivity contribution in [1.29, 1.82) is 0 Å². The number of hydrogen-bond donors (Lipinski definition) is 1. The van der Waals surface area contributed by atoms with Crippen LogP contribution in [0.2, 0.25) is 0 Å². The predicted octanol–water partition coefficient (Wildman–Crippen LogP) is 23.3. The molecule has 8 aromatic rings. The van der Waals surface area contributed by atoms with E-state index in [1.807, 2.05) is 118 Å². The van der Waals surface area contributed by atoms with Crippen LogP contribution in [0.3, 0.4) is 0 Å². The molecule has 0 unspecified atom stereocenters. The number of rotatable bonds is 19. The fourth-order valence-corrected chi connectivity index (χ4v) is 13.0. The molecule has 4 heterocycles. The molecular formula is C78H105IrN2O4S2-. The first-order chi connectivity index (χ1) is 40.2. The van der Waals surface area contributed by atoms with E-state index in [1.165, 1.54) is 81.2 Å². The van der Waals surface area contributed by atoms with Crippen LogP contribution in [0, 0.1) is 66.3 Å². The molecule has 0 saturated carbocycles. The Kier molecular flexibility index (Phi) is 26.5. The van der Waals surface area contributed by atoms with Crippen molar-refractivity contribution in [3.63, 3.8) is 0 Å². The topological polar surface area (TPSA) is 97.2 Å². The number of pyridine rings is 2. The normalized spacial score (nSPS) is 12.5. The summed E-state index contributed by atoms with van der Waals surface area (Å²) in [4.78, 5) is 46.1. The number of benzene rings is 4. The summed E-state index contributed by atoms with van der Waals surface area (Å²) in [7, 11) is 0. The van der Waals surface area contributed by atoms with Gasteiger partial charge in [0.1, 0.15) is 17.3 Å². The fourth-order valence-electron chi connectivity index (χ4n) is 11.0. The van der Waals surface area contributed by atoms with Gasteiger partial charge in [-0.3, -0.25) is 19.4 Å². The largest absolute Gasteiger partial charge is 0.512 e. The van der Waals surface area contributed by atoms with Gasteiger partial charge in [0.15, 0.2) is 5.78 Å². The average Bonchev–Trinajstić information content (AvgIpc) is 2.04. The second-order valence-electron chi connectivity index (χ2n) is 28.1. The molecule has 0 aliphatic heterocycles. The molecule has 4 aromatic heterocycles. The van der Waals surface area contributed by atoms with E-state index in [0.717, 1.165) is 86.7 Å². The fraction of sp³-hybridized carbons (Fsp3) is 0.500. The molecule has 8 rings (SSSR count). The molecule has 473 valence electrons. The Bertz CT molecular complexity index is 3410. The van der Waals surface area contributed by atoms with E-state index in [4.69, 9.17) is 9.97 Å². The number of fused-ring (bicyclic) bond motifs is 4. The maximum atomic E-state index is 12.2. The summed E-state index contributed by atoms with van der Waals surface area (Å²) < 4.78 is 2.73. The predicted molar refractivity (Wildman–Crippen MR) is 374 cm³/mol. The van der Waals surface area contributed by atoms with Crippen LogP contribution < -0.4 is 0 Å². The van der Waals surface area contributed by atoms with Crippen molar-refractivity contribution >= 4 is 81.7 Å². The standard InChI is InChI=1S/C24H25NS.C24H24NS.2C15H28O2.Ir/c2*1-15-8-16(2)10-18(9-15)23-21-12-20-19(13-24(3,4)5)14-26-22(20)11-17(21)6-7-25-23;2*1-7-14(5,8-2)12(16)11-13(17)15(6,9-3)10-4;/h6-12,14H,13H2,1-5H3;6-9,11-12,14H,13H2,1-5H3;7-11H2,1-6H3;11,16H,7-10H2,1-6H3;/q;-1;;;. The van der Waals surface area contributed by atoms with Crippen LogP contribution in [0.5, 0.6) is 0 Å². The van der Waals surface area contributed by atoms with Gasteiger partial charge in [-0.25, -0.2) is 0 Å². The third-order valence-corrected chi connectivity index (χ3v) is 20.8. The van der Waals surface area contributed by atoms with E-state index in [-0.39, 0.29) is 82.1 Å². The maximum Gasteiger partial charge on any atom is 0.164 e. The molecule has 0 bridgehead atoms. The Hall–Kier alpha value is -5.18. The number of aliphatic hydroxyl groups is 1. The van der Waals surface area contributed by atoms with Crippen LogP contribution >= 0.6 is 22.7 Å². The first kappa shape index (κ1) is 74.3. The summed E-state index contributed by atoms with van der Waals surface area (Å²) in [5.41, 5.74) is 11.6. The Balaban J connectivity index is 0.000000253. The van der Waals surface area contributed by atoms with Crippen LogP contribution in [0.25, 0.3) is 64.2 Å². The second kappa shape index (κ2) is 31.0. The van der Waals surface area contributed by atoms with Crippen LogP contribution in [-0.2, 0) is 47.3 Å². The smallest absolute Gasteiger partial charge is 0.164 e. The zero-order chi connectivity index (χ0) is 64.3. The van der Waals surface area contributed by atoms with Gasteiger partial charge in [-0.05, 0) is 186 Å². The number of ketones is 3. The number of aromatic nitrogens is 2. The number of allylic oxidation sites excluding steroid dienone is 2. The van der Waals surface area contributed by atoms with Crippen molar-refractivity contribution in [3.05, 3.63) is 141 Å². The molecule has 1 radical (unpaired) electrons. The number of carbonyl (C=O) groups is 3. The van der Waals surface area contributed by atoms with Gasteiger partial charge >= 0.3 is 0 Å². The quantitative estimate of drug-likeness (QED) is 0.0375. The first-order valence-corrected chi connectivity index (χ1v) is 33.6. The first-order valence-electron chi connectivity index (χ1n) is 31.9. The molecule has 6 nitrogen and oxygen atoms in total. The average molecular weight is 1390 g/mol. The summed E-state index contributed by atoms with van der Waals surface area (Å²) in [6.45, 7) is 46.5. The van der Waals surface area contributed by atoms with Crippen molar-refractivity contribution in [2.24, 2.45) is 32.5 Å². The van der Waals surface area contributed by atoms with Crippen molar-refractivity contribution in [2.45, 2.75) is 223 Å². The van der Waals surface area contributed by atoms with E-state index < -0.39 is 0 Å². The summed E-state index contributed by atoms with van der Waals surface area (Å²) in [5.74, 6) is 0.509. The molecule has 4 aromatic carbocycles. The van der Waals surface area contributed by atoms with Gasteiger partial charge in [-0.15, -0.1) is 57.6 Å². The number of aliphatic hydroxyl groups excluding tert-OH is 1. The molecule has 1 N–H and O–H groups in total. The monoisotopic (exact) mass is 1390 g/mol. The Morgan fingerprint density at radius 3 is 1.28 bits per heavy atom. The van der Waals surface area contributed by atoms with Crippen LogP contribution in [0.1, 0.15) is 216 Å². The van der Waals surface area contributed by atoms with Crippen molar-refractivity contribution < 1.29 is 39.6 Å². The Morgan fingerprint density at radius 1 is 0.494 bits per heavy atom. The number of hydrogen-bond acceptors (Lipinski definition) is 8. The van der Waals surface area contributed by atoms with Crippen LogP contribution in [0.4, 0.5) is 0 Å². The Labute approximate surface area is 546 Å². The summed E-state index contributed by atoms with van der Waals surface area (Å²) in [5, 5.41) is 22.5. The van der Waals surface area contributed by atoms with Crippen molar-refractivity contribution in [1.82, 2.24) is 9.97 Å². The van der Waals surface area contributed by atoms with E-state index in [0.29, 0.717) is 0 Å². The molecule has 0 aliphatic rings. The van der Waals surface area contributed by atoms with Crippen LogP contribution in [0.15, 0.2) is 102 Å². The third-order valence-electron chi connectivity index (χ3n) is 18.8. The van der Waals surface area contributed by atoms with E-state index in [2.05, 4.69) is 153 Å². The Morgan fingerprint density at radius 2 is 0.885 bits per heavy atom. The summed E-state index contributed by atoms with van der Waals surface area (Å²) in [6.07, 6.45) is 14.1. The number of aryl methyl sites for hydroxylation is 4. The molecule has 0 aliphatic carbocycles. The zero-order valence-corrected chi connectivity index (χ0v) is 61.3. The molecular weight excluding hydrogens is 1290 g/mol. The number of thiophene rings is 2. The van der Waals surface area contributed by atoms with Crippen molar-refractivity contribution in [2.75, 3.05) is 0 Å². The van der Waals surface area contributed by atoms with Gasteiger partial charge in [0, 0.05) is 80.6 Å². The molecule has 0 amide bonds. The van der Waals surface area contributed by atoms with Gasteiger partial charge in [-0.1, -0.05) is 162 Å². The van der Waals surface area contributed by atoms with Gasteiger partial charge in [0.25, 0.3) is 0 Å². The zero-order valence-electron chi connectivity index (χ0n) is 57.2. The second-order valence-corrected chi connectivity index (χ2v) is 29.9. The van der Waals surface area contributed by atoms with Crippen molar-refractivity contribution in [3.8, 4) is 22.5 Å². The van der Waals surface area contributed by atoms with E-state index >= 15 is 0 Å². The molecule has 0 atom stereocenters. The van der Waals surface area contributed by atoms with E-state index in [9.17, 15) is 19.5 Å². The molecule has 87 heavy (non-hydrogen) atoms. The van der Waals surface area contributed by atoms with Gasteiger partial charge < -0.3 is 10.1 Å². The minimum atomic E-state index is -0.337. The molecule has 0 fully saturated rings. The summed E-state index contributed by atoms with van der Waals surface area (Å²) >= 11 is 3.70. The third kappa shape index (κ3) is 18.9. The van der Waals surface area contributed by atoms with Gasteiger partial charge in [-0.2, -0.15) is 0 Å². The SMILES string of the molecule is CCC(C)(CC)C(=O)C=C(O)C(C)(CC)CC.CCC(C)(CC)C(=O)CC(=O)C(C)(CC)CC.Cc1[c-]c(-c2nccc3cc4scc(CC(C)(C)C)c4cc23)cc(C)c1.Cc1cc(C)cc(-c2nccc3cc4scc(CC(C)(C)C)c4cc23)c1.[Ir]. The molecule has 0 saturated heterocycles. The maximum absolute atomic E-state index is 12.2. The number of Topliss-reactive ketones (excluding diaryl/α,β-unsaturated/α-hetero) is 2. The minimum absolute atomic E-state index is 0. The number of nitrogens with zero attached hydrogens (tertiary/aromatic N) is 2. The van der Waals surface area contributed by atoms with E-state index in [1.54, 1.807) is 0 Å².